The molecule has 0 aliphatic carbocycles. The van der Waals surface area contributed by atoms with Gasteiger partial charge < -0.3 is 9.84 Å². The van der Waals surface area contributed by atoms with Gasteiger partial charge in [-0.1, -0.05) is 0 Å². The summed E-state index contributed by atoms with van der Waals surface area (Å²) in [6, 6.07) is -1.66. The van der Waals surface area contributed by atoms with Gasteiger partial charge in [0.2, 0.25) is 0 Å². The number of aliphatic hydroxyl groups is 1. The monoisotopic (exact) mass is 267 g/mol. The highest BCUT2D eigenvalue weighted by Crippen LogP contribution is 2.45. The van der Waals surface area contributed by atoms with Gasteiger partial charge in [0.1, 0.15) is 11.6 Å². The van der Waals surface area contributed by atoms with E-state index in [9.17, 15) is 23.1 Å². The van der Waals surface area contributed by atoms with Crippen LogP contribution in [0.3, 0.4) is 0 Å². The molecule has 0 aromatic heterocycles. The molecule has 1 N–H and O–H groups in total. The largest absolute Gasteiger partial charge is 0.404 e. The van der Waals surface area contributed by atoms with Crippen LogP contribution in [0.1, 0.15) is 12.8 Å². The Morgan fingerprint density at radius 3 is 2.72 bits per heavy atom. The van der Waals surface area contributed by atoms with Gasteiger partial charge in [-0.05, 0) is 12.8 Å². The summed E-state index contributed by atoms with van der Waals surface area (Å²) >= 11 is 0. The van der Waals surface area contributed by atoms with E-state index in [2.05, 4.69) is 0 Å². The van der Waals surface area contributed by atoms with Crippen LogP contribution in [-0.2, 0) is 9.53 Å². The zero-order valence-electron chi connectivity index (χ0n) is 10.0. The molecule has 3 saturated heterocycles. The van der Waals surface area contributed by atoms with Crippen LogP contribution in [0, 0.1) is 5.92 Å². The van der Waals surface area contributed by atoms with E-state index >= 15 is 0 Å². The first-order valence-corrected chi connectivity index (χ1v) is 5.84. The third-order valence-electron chi connectivity index (χ3n) is 4.00. The fraction of sp³-hybridized carbons (Fsp3) is 0.909. The van der Waals surface area contributed by atoms with Crippen LogP contribution in [0.5, 0.6) is 0 Å². The van der Waals surface area contributed by atoms with E-state index in [-0.39, 0.29) is 25.4 Å². The summed E-state index contributed by atoms with van der Waals surface area (Å²) in [6.45, 7) is -0.668. The predicted molar refractivity (Wildman–Crippen MR) is 56.0 cm³/mol. The Balaban J connectivity index is 2.37. The lowest BCUT2D eigenvalue weighted by Crippen LogP contribution is -2.74. The average Bonchev–Trinajstić information content (AvgIpc) is 2.32. The Labute approximate surface area is 103 Å². The van der Waals surface area contributed by atoms with E-state index < -0.39 is 30.3 Å². The number of ketones is 1. The van der Waals surface area contributed by atoms with Crippen molar-refractivity contribution in [2.75, 3.05) is 26.9 Å². The van der Waals surface area contributed by atoms with Crippen molar-refractivity contribution in [3.8, 4) is 0 Å². The number of piperidine rings is 3. The SMILES string of the molecule is COC[C@]1(CO)C(=O)[C@@H]2CCN1[C@H](C(F)(F)F)C2. The molecule has 3 rings (SSSR count). The summed E-state index contributed by atoms with van der Waals surface area (Å²) in [5, 5.41) is 9.44. The number of Topliss-reactive ketones (excluding diaryl/α,β-unsaturated/α-hetero) is 1. The molecule has 3 fully saturated rings. The summed E-state index contributed by atoms with van der Waals surface area (Å²) in [6.07, 6.45) is -4.15. The number of methoxy groups -OCH3 is 1. The fourth-order valence-corrected chi connectivity index (χ4v) is 3.15. The van der Waals surface area contributed by atoms with Gasteiger partial charge >= 0.3 is 6.18 Å². The van der Waals surface area contributed by atoms with Crippen molar-refractivity contribution in [3.63, 3.8) is 0 Å². The second-order valence-corrected chi connectivity index (χ2v) is 4.96. The fourth-order valence-electron chi connectivity index (χ4n) is 3.15. The normalized spacial score (nSPS) is 40.3. The van der Waals surface area contributed by atoms with Crippen LogP contribution >= 0.6 is 0 Å². The van der Waals surface area contributed by atoms with Crippen molar-refractivity contribution in [2.45, 2.75) is 30.6 Å². The molecule has 7 heteroatoms. The summed E-state index contributed by atoms with van der Waals surface area (Å²) in [5.74, 6) is -0.942. The molecule has 2 bridgehead atoms. The number of carbonyl (C=O) groups excluding carboxylic acids is 1. The van der Waals surface area contributed by atoms with E-state index in [0.29, 0.717) is 6.42 Å². The third kappa shape index (κ3) is 1.85. The van der Waals surface area contributed by atoms with Gasteiger partial charge in [-0.3, -0.25) is 9.69 Å². The molecule has 4 nitrogen and oxygen atoms in total. The number of fused-ring (bicyclic) bond motifs is 3. The number of aliphatic hydroxyl groups excluding tert-OH is 1. The predicted octanol–water partition coefficient (Wildman–Crippen LogP) is 0.590. The Morgan fingerprint density at radius 2 is 2.22 bits per heavy atom. The van der Waals surface area contributed by atoms with Gasteiger partial charge in [0, 0.05) is 19.6 Å². The van der Waals surface area contributed by atoms with Crippen molar-refractivity contribution < 1.29 is 27.8 Å². The first kappa shape index (κ1) is 13.8. The Hall–Kier alpha value is -0.660. The minimum Gasteiger partial charge on any atom is -0.394 e. The second kappa shape index (κ2) is 4.47. The lowest BCUT2D eigenvalue weighted by molar-refractivity contribution is -0.234. The molecule has 3 aliphatic heterocycles. The number of alkyl halides is 3. The number of halogens is 3. The molecule has 0 spiro atoms. The van der Waals surface area contributed by atoms with Crippen molar-refractivity contribution in [3.05, 3.63) is 0 Å². The van der Waals surface area contributed by atoms with Crippen molar-refractivity contribution in [2.24, 2.45) is 5.92 Å². The Morgan fingerprint density at radius 1 is 1.56 bits per heavy atom. The maximum Gasteiger partial charge on any atom is 0.404 e. The molecule has 104 valence electrons. The van der Waals surface area contributed by atoms with Crippen molar-refractivity contribution >= 4 is 5.78 Å². The van der Waals surface area contributed by atoms with E-state index in [1.54, 1.807) is 0 Å². The highest BCUT2D eigenvalue weighted by molar-refractivity contribution is 5.92. The number of rotatable bonds is 3. The number of ether oxygens (including phenoxy) is 1. The first-order chi connectivity index (χ1) is 8.36. The summed E-state index contributed by atoms with van der Waals surface area (Å²) in [5.41, 5.74) is -1.52. The topological polar surface area (TPSA) is 49.8 Å². The lowest BCUT2D eigenvalue weighted by Gasteiger charge is -2.55. The van der Waals surface area contributed by atoms with Crippen LogP contribution in [-0.4, -0.2) is 60.4 Å². The van der Waals surface area contributed by atoms with E-state index in [1.807, 2.05) is 0 Å². The lowest BCUT2D eigenvalue weighted by atomic mass is 9.70. The average molecular weight is 267 g/mol. The quantitative estimate of drug-likeness (QED) is 0.813. The second-order valence-electron chi connectivity index (χ2n) is 4.96. The van der Waals surface area contributed by atoms with Crippen LogP contribution < -0.4 is 0 Å². The van der Waals surface area contributed by atoms with Crippen LogP contribution in [0.4, 0.5) is 13.2 Å². The highest BCUT2D eigenvalue weighted by atomic mass is 19.4. The molecule has 3 aliphatic rings. The molecule has 0 radical (unpaired) electrons. The molecule has 3 heterocycles. The number of nitrogens with zero attached hydrogens (tertiary/aromatic N) is 1. The molecule has 0 saturated carbocycles. The summed E-state index contributed by atoms with van der Waals surface area (Å²) in [7, 11) is 1.32. The van der Waals surface area contributed by atoms with Gasteiger partial charge in [0.15, 0.2) is 5.78 Å². The zero-order chi connectivity index (χ0) is 13.6. The smallest absolute Gasteiger partial charge is 0.394 e. The van der Waals surface area contributed by atoms with Crippen molar-refractivity contribution in [1.82, 2.24) is 4.90 Å². The Bertz CT molecular complexity index is 347. The first-order valence-electron chi connectivity index (χ1n) is 5.84. The number of hydrogen-bond donors (Lipinski definition) is 1. The van der Waals surface area contributed by atoms with Crippen LogP contribution in [0.15, 0.2) is 0 Å². The van der Waals surface area contributed by atoms with Gasteiger partial charge in [-0.2, -0.15) is 13.2 Å². The van der Waals surface area contributed by atoms with Crippen LogP contribution in [0.2, 0.25) is 0 Å². The van der Waals surface area contributed by atoms with Gasteiger partial charge in [-0.25, -0.2) is 0 Å². The maximum absolute atomic E-state index is 13.0. The summed E-state index contributed by atoms with van der Waals surface area (Å²) < 4.78 is 43.8. The Kier molecular flexibility index (Phi) is 3.42. The van der Waals surface area contributed by atoms with Crippen LogP contribution in [0.25, 0.3) is 0 Å². The molecular formula is C11H16F3NO3. The molecular weight excluding hydrogens is 251 g/mol. The van der Waals surface area contributed by atoms with Gasteiger partial charge in [-0.15, -0.1) is 0 Å². The highest BCUT2D eigenvalue weighted by Gasteiger charge is 2.62. The van der Waals surface area contributed by atoms with E-state index in [4.69, 9.17) is 4.74 Å². The number of carbonyl (C=O) groups is 1. The minimum atomic E-state index is -4.38. The summed E-state index contributed by atoms with van der Waals surface area (Å²) in [4.78, 5) is 13.2. The molecule has 0 aromatic carbocycles. The molecule has 1 unspecified atom stereocenters. The third-order valence-corrected chi connectivity index (χ3v) is 4.00. The zero-order valence-corrected chi connectivity index (χ0v) is 10.0. The van der Waals surface area contributed by atoms with Gasteiger partial charge in [0.05, 0.1) is 13.2 Å². The number of hydrogen-bond acceptors (Lipinski definition) is 4. The van der Waals surface area contributed by atoms with Crippen molar-refractivity contribution in [1.29, 1.82) is 0 Å². The molecule has 4 atom stereocenters. The molecule has 0 amide bonds. The standard InChI is InChI=1S/C11H16F3NO3/c1-18-6-10(5-16)9(17)7-2-3-15(10)8(4-7)11(12,13)14/h7-8,16H,2-6H2,1H3/t7-,8+,10-/m1/s1. The van der Waals surface area contributed by atoms with Gasteiger partial charge in [0.25, 0.3) is 0 Å². The molecule has 0 aromatic rings. The van der Waals surface area contributed by atoms with E-state index in [1.165, 1.54) is 7.11 Å². The minimum absolute atomic E-state index is 0.171. The van der Waals surface area contributed by atoms with E-state index in [0.717, 1.165) is 4.90 Å². The molecule has 18 heavy (non-hydrogen) atoms. The maximum atomic E-state index is 13.0.